The Kier molecular flexibility index (Phi) is 4.89. The zero-order valence-electron chi connectivity index (χ0n) is 12.8. The molecule has 0 aliphatic carbocycles. The predicted octanol–water partition coefficient (Wildman–Crippen LogP) is 4.01. The van der Waals surface area contributed by atoms with Crippen molar-refractivity contribution in [1.82, 2.24) is 0 Å². The van der Waals surface area contributed by atoms with Crippen LogP contribution in [0.1, 0.15) is 62.3 Å². The first-order chi connectivity index (χ1) is 7.17. The van der Waals surface area contributed by atoms with E-state index in [-0.39, 0.29) is 15.5 Å². The van der Waals surface area contributed by atoms with Crippen LogP contribution in [-0.4, -0.2) is 27.9 Å². The van der Waals surface area contributed by atoms with Crippen molar-refractivity contribution in [3.05, 3.63) is 0 Å². The van der Waals surface area contributed by atoms with Crippen LogP contribution in [0.15, 0.2) is 0 Å². The fraction of sp³-hybridized carbons (Fsp3) is 1.00. The van der Waals surface area contributed by atoms with Crippen LogP contribution in [0.3, 0.4) is 0 Å². The maximum atomic E-state index is 13.2. The third-order valence-electron chi connectivity index (χ3n) is 3.44. The van der Waals surface area contributed by atoms with Gasteiger partial charge in [-0.05, 0) is 0 Å². The van der Waals surface area contributed by atoms with Gasteiger partial charge in [-0.25, -0.2) is 0 Å². The summed E-state index contributed by atoms with van der Waals surface area (Å²) in [6, 6.07) is 0. The molecule has 0 aromatic heterocycles. The van der Waals surface area contributed by atoms with E-state index in [2.05, 4.69) is 62.3 Å². The Morgan fingerprint density at radius 1 is 0.824 bits per heavy atom. The summed E-state index contributed by atoms with van der Waals surface area (Å²) in [6.07, 6.45) is 0. The van der Waals surface area contributed by atoms with E-state index in [0.29, 0.717) is 0 Å². The second kappa shape index (κ2) is 4.79. The van der Waals surface area contributed by atoms with Crippen molar-refractivity contribution in [2.75, 3.05) is 0 Å². The summed E-state index contributed by atoms with van der Waals surface area (Å²) in [6.45, 7) is 18.7. The molecule has 17 heavy (non-hydrogen) atoms. The van der Waals surface area contributed by atoms with Crippen LogP contribution < -0.4 is 0 Å². The second-order valence-corrected chi connectivity index (χ2v) is 13.9. The van der Waals surface area contributed by atoms with E-state index >= 15 is 0 Å². The topological polar surface area (TPSA) is 29.5 Å². The summed E-state index contributed by atoms with van der Waals surface area (Å²) in [5.41, 5.74) is 0. The molecule has 0 saturated heterocycles. The van der Waals surface area contributed by atoms with Gasteiger partial charge >= 0.3 is 106 Å². The molecule has 0 fully saturated rings. The minimum absolute atomic E-state index is 0.170. The molecule has 2 nitrogen and oxygen atoms in total. The number of hydrogen-bond acceptors (Lipinski definition) is 2. The first-order valence-electron chi connectivity index (χ1n) is 6.17. The molecule has 1 N–H and O–H groups in total. The van der Waals surface area contributed by atoms with Crippen LogP contribution in [-0.2, 0) is 4.44 Å². The number of hydrogen-bond donors (Lipinski definition) is 1. The second-order valence-electron chi connectivity index (χ2n) is 7.84. The zero-order valence-corrected chi connectivity index (χ0v) is 13.8. The standard InChI is InChI=1S/C12H29BFO2P/c1-10(2,3)17(11(4,5)6,12(7,8)9)16-13(14)15/h15,17H,1-9H3. The molecule has 0 aromatic carbocycles. The number of halogens is 1. The molecule has 0 spiro atoms. The van der Waals surface area contributed by atoms with Gasteiger partial charge in [0.2, 0.25) is 0 Å². The number of rotatable bonds is 2. The van der Waals surface area contributed by atoms with Gasteiger partial charge in [0.15, 0.2) is 0 Å². The molecule has 5 heteroatoms. The molecule has 0 atom stereocenters. The van der Waals surface area contributed by atoms with Crippen molar-refractivity contribution in [3.8, 4) is 0 Å². The molecule has 0 aliphatic rings. The van der Waals surface area contributed by atoms with E-state index in [1.165, 1.54) is 0 Å². The van der Waals surface area contributed by atoms with E-state index < -0.39 is 14.9 Å². The van der Waals surface area contributed by atoms with Crippen molar-refractivity contribution in [1.29, 1.82) is 0 Å². The molecular formula is C12H29BFO2P. The Hall–Kier alpha value is 0.345. The van der Waals surface area contributed by atoms with Crippen molar-refractivity contribution in [3.63, 3.8) is 0 Å². The van der Waals surface area contributed by atoms with Gasteiger partial charge in [0.1, 0.15) is 0 Å². The van der Waals surface area contributed by atoms with E-state index in [1.54, 1.807) is 0 Å². The van der Waals surface area contributed by atoms with Crippen LogP contribution in [0, 0.1) is 0 Å². The first-order valence-corrected chi connectivity index (χ1v) is 8.07. The summed E-state index contributed by atoms with van der Waals surface area (Å²) in [5.74, 6) is 0. The van der Waals surface area contributed by atoms with Crippen molar-refractivity contribution >= 4 is 14.9 Å². The van der Waals surface area contributed by atoms with Gasteiger partial charge < -0.3 is 0 Å². The Morgan fingerprint density at radius 3 is 1.12 bits per heavy atom. The third-order valence-corrected chi connectivity index (χ3v) is 10.3. The van der Waals surface area contributed by atoms with Gasteiger partial charge in [-0.1, -0.05) is 0 Å². The molecule has 0 radical (unpaired) electrons. The molecule has 0 aromatic rings. The van der Waals surface area contributed by atoms with Crippen LogP contribution >= 0.6 is 7.49 Å². The van der Waals surface area contributed by atoms with E-state index in [4.69, 9.17) is 9.47 Å². The van der Waals surface area contributed by atoms with Crippen molar-refractivity contribution in [2.45, 2.75) is 77.8 Å². The first kappa shape index (κ1) is 17.3. The Labute approximate surface area is 107 Å². The Balaban J connectivity index is 5.93. The Morgan fingerprint density at radius 2 is 1.06 bits per heavy atom. The van der Waals surface area contributed by atoms with Gasteiger partial charge in [-0.15, -0.1) is 0 Å². The quantitative estimate of drug-likeness (QED) is 0.604. The Bertz CT molecular complexity index is 225. The van der Waals surface area contributed by atoms with Gasteiger partial charge in [0.25, 0.3) is 0 Å². The average Bonchev–Trinajstić information content (AvgIpc) is 1.91. The summed E-state index contributed by atoms with van der Waals surface area (Å²) >= 11 is 0. The van der Waals surface area contributed by atoms with E-state index in [1.807, 2.05) is 0 Å². The predicted molar refractivity (Wildman–Crippen MR) is 77.7 cm³/mol. The van der Waals surface area contributed by atoms with Crippen molar-refractivity contribution < 1.29 is 13.8 Å². The SMILES string of the molecule is CC(C)(C)[PH](OB(O)F)(C(C)(C)C)C(C)(C)C. The summed E-state index contributed by atoms with van der Waals surface area (Å²) < 4.78 is 18.7. The third kappa shape index (κ3) is 3.21. The fourth-order valence-corrected chi connectivity index (χ4v) is 12.2. The van der Waals surface area contributed by atoms with Crippen LogP contribution in [0.4, 0.5) is 4.32 Å². The summed E-state index contributed by atoms with van der Waals surface area (Å²) in [7, 11) is -4.78. The fourth-order valence-electron chi connectivity index (χ4n) is 4.05. The van der Waals surface area contributed by atoms with Crippen LogP contribution in [0.5, 0.6) is 0 Å². The zero-order chi connectivity index (χ0) is 14.3. The summed E-state index contributed by atoms with van der Waals surface area (Å²) in [4.78, 5) is 0. The molecule has 0 aliphatic heterocycles. The monoisotopic (exact) mass is 266 g/mol. The van der Waals surface area contributed by atoms with E-state index in [9.17, 15) is 4.32 Å². The molecular weight excluding hydrogens is 237 g/mol. The molecule has 0 saturated carbocycles. The van der Waals surface area contributed by atoms with Crippen LogP contribution in [0.25, 0.3) is 0 Å². The van der Waals surface area contributed by atoms with Gasteiger partial charge in [0.05, 0.1) is 0 Å². The average molecular weight is 266 g/mol. The minimum atomic E-state index is -2.59. The molecule has 0 rings (SSSR count). The van der Waals surface area contributed by atoms with Crippen molar-refractivity contribution in [2.24, 2.45) is 0 Å². The van der Waals surface area contributed by atoms with E-state index in [0.717, 1.165) is 0 Å². The molecule has 104 valence electrons. The molecule has 0 bridgehead atoms. The van der Waals surface area contributed by atoms with Gasteiger partial charge in [0, 0.05) is 0 Å². The summed E-state index contributed by atoms with van der Waals surface area (Å²) in [5, 5.41) is 8.61. The maximum absolute atomic E-state index is 13.2. The van der Waals surface area contributed by atoms with Crippen LogP contribution in [0.2, 0.25) is 0 Å². The molecule has 0 amide bonds. The van der Waals surface area contributed by atoms with Gasteiger partial charge in [-0.2, -0.15) is 0 Å². The van der Waals surface area contributed by atoms with Gasteiger partial charge in [-0.3, -0.25) is 0 Å². The molecule has 0 heterocycles. The normalized spacial score (nSPS) is 15.9. The molecule has 0 unspecified atom stereocenters.